The van der Waals surface area contributed by atoms with Gasteiger partial charge in [0.1, 0.15) is 0 Å². The van der Waals surface area contributed by atoms with Crippen molar-refractivity contribution in [3.05, 3.63) is 12.8 Å². The molecule has 19 heavy (non-hydrogen) atoms. The fraction of sp³-hybridized carbons (Fsp3) is 0.824. The number of rotatable bonds is 12. The summed E-state index contributed by atoms with van der Waals surface area (Å²) in [5.74, 6) is -0.101. The molecule has 0 aromatic carbocycles. The maximum atomic E-state index is 12.1. The highest BCUT2D eigenvalue weighted by molar-refractivity contribution is 5.76. The largest absolute Gasteiger partial charge is 0.435 e. The second kappa shape index (κ2) is 11.1. The Bertz CT molecular complexity index is 234. The third kappa shape index (κ3) is 8.07. The van der Waals surface area contributed by atoms with Crippen molar-refractivity contribution < 1.29 is 9.53 Å². The monoisotopic (exact) mass is 268 g/mol. The highest BCUT2D eigenvalue weighted by Gasteiger charge is 2.33. The quantitative estimate of drug-likeness (QED) is 0.261. The Kier molecular flexibility index (Phi) is 10.6. The number of unbranched alkanes of at least 4 members (excludes halogenated alkanes) is 6. The summed E-state index contributed by atoms with van der Waals surface area (Å²) in [5.41, 5.74) is -0.324. The zero-order valence-corrected chi connectivity index (χ0v) is 13.2. The summed E-state index contributed by atoms with van der Waals surface area (Å²) >= 11 is 0. The Hall–Kier alpha value is -0.790. The highest BCUT2D eigenvalue weighted by atomic mass is 16.5. The molecular formula is C17H32O2. The van der Waals surface area contributed by atoms with E-state index in [2.05, 4.69) is 27.4 Å². The number of carbonyl (C=O) groups is 1. The summed E-state index contributed by atoms with van der Waals surface area (Å²) in [5, 5.41) is 0. The van der Waals surface area contributed by atoms with E-state index in [1.165, 1.54) is 44.8 Å². The molecule has 0 aliphatic carbocycles. The van der Waals surface area contributed by atoms with Crippen molar-refractivity contribution >= 4 is 5.97 Å². The fourth-order valence-electron chi connectivity index (χ4n) is 2.43. The maximum Gasteiger partial charge on any atom is 0.316 e. The van der Waals surface area contributed by atoms with Crippen LogP contribution in [0.5, 0.6) is 0 Å². The zero-order chi connectivity index (χ0) is 14.6. The average molecular weight is 268 g/mol. The molecule has 0 N–H and O–H groups in total. The lowest BCUT2D eigenvalue weighted by atomic mass is 9.79. The Morgan fingerprint density at radius 2 is 1.47 bits per heavy atom. The maximum absolute atomic E-state index is 12.1. The number of ether oxygens (including phenoxy) is 1. The van der Waals surface area contributed by atoms with E-state index in [0.29, 0.717) is 0 Å². The molecule has 0 fully saturated rings. The van der Waals surface area contributed by atoms with E-state index in [1.54, 1.807) is 0 Å². The molecule has 0 aliphatic rings. The van der Waals surface area contributed by atoms with Gasteiger partial charge >= 0.3 is 5.97 Å². The lowest BCUT2D eigenvalue weighted by Crippen LogP contribution is -2.29. The van der Waals surface area contributed by atoms with Gasteiger partial charge in [0.15, 0.2) is 0 Å². The number of hydrogen-bond acceptors (Lipinski definition) is 2. The minimum absolute atomic E-state index is 0.101. The lowest BCUT2D eigenvalue weighted by molar-refractivity contribution is -0.150. The first-order valence-electron chi connectivity index (χ1n) is 7.92. The molecule has 0 saturated carbocycles. The van der Waals surface area contributed by atoms with E-state index in [0.717, 1.165) is 25.7 Å². The Labute approximate surface area is 119 Å². The van der Waals surface area contributed by atoms with Gasteiger partial charge in [0, 0.05) is 0 Å². The normalized spacial score (nSPS) is 11.3. The molecule has 0 unspecified atom stereocenters. The fourth-order valence-corrected chi connectivity index (χ4v) is 2.43. The van der Waals surface area contributed by atoms with Crippen LogP contribution in [0.1, 0.15) is 85.0 Å². The molecule has 112 valence electrons. The predicted molar refractivity (Wildman–Crippen MR) is 81.9 cm³/mol. The predicted octanol–water partition coefficient (Wildman–Crippen LogP) is 5.62. The molecule has 0 radical (unpaired) electrons. The van der Waals surface area contributed by atoms with E-state index in [1.807, 2.05) is 0 Å². The molecule has 2 heteroatoms. The highest BCUT2D eigenvalue weighted by Crippen LogP contribution is 2.33. The molecular weight excluding hydrogens is 236 g/mol. The van der Waals surface area contributed by atoms with Gasteiger partial charge in [0.25, 0.3) is 0 Å². The van der Waals surface area contributed by atoms with Gasteiger partial charge in [0.05, 0.1) is 11.7 Å². The van der Waals surface area contributed by atoms with Crippen LogP contribution >= 0.6 is 0 Å². The van der Waals surface area contributed by atoms with Crippen molar-refractivity contribution in [1.29, 1.82) is 0 Å². The van der Waals surface area contributed by atoms with Crippen molar-refractivity contribution in [1.82, 2.24) is 0 Å². The minimum Gasteiger partial charge on any atom is -0.435 e. The van der Waals surface area contributed by atoms with Crippen LogP contribution in [0.15, 0.2) is 12.8 Å². The molecule has 0 atom stereocenters. The van der Waals surface area contributed by atoms with Gasteiger partial charge in [-0.2, -0.15) is 0 Å². The summed E-state index contributed by atoms with van der Waals surface area (Å²) in [6.07, 6.45) is 12.7. The standard InChI is InChI=1S/C17H32O2/c1-5-8-10-12-14-17(4,16(18)19-7-3)15-13-11-9-6-2/h7H,3,5-6,8-15H2,1-2,4H3. The van der Waals surface area contributed by atoms with Crippen molar-refractivity contribution in [2.24, 2.45) is 5.41 Å². The number of esters is 1. The van der Waals surface area contributed by atoms with Gasteiger partial charge in [-0.1, -0.05) is 71.8 Å². The average Bonchev–Trinajstić information content (AvgIpc) is 2.40. The molecule has 0 aromatic heterocycles. The minimum atomic E-state index is -0.324. The summed E-state index contributed by atoms with van der Waals surface area (Å²) < 4.78 is 5.05. The van der Waals surface area contributed by atoms with Gasteiger partial charge in [-0.3, -0.25) is 4.79 Å². The van der Waals surface area contributed by atoms with Crippen LogP contribution in [0.3, 0.4) is 0 Å². The van der Waals surface area contributed by atoms with E-state index < -0.39 is 0 Å². The van der Waals surface area contributed by atoms with Crippen LogP contribution < -0.4 is 0 Å². The molecule has 0 amide bonds. The molecule has 0 saturated heterocycles. The van der Waals surface area contributed by atoms with Crippen molar-refractivity contribution in [3.63, 3.8) is 0 Å². The SMILES string of the molecule is C=COC(=O)C(C)(CCCCCC)CCCCCC. The van der Waals surface area contributed by atoms with Gasteiger partial charge in [-0.15, -0.1) is 0 Å². The second-order valence-corrected chi connectivity index (χ2v) is 5.75. The first-order chi connectivity index (χ1) is 9.10. The second-order valence-electron chi connectivity index (χ2n) is 5.75. The summed E-state index contributed by atoms with van der Waals surface area (Å²) in [4.78, 5) is 12.1. The van der Waals surface area contributed by atoms with Gasteiger partial charge in [0.2, 0.25) is 0 Å². The topological polar surface area (TPSA) is 26.3 Å². The van der Waals surface area contributed by atoms with Crippen LogP contribution in [-0.4, -0.2) is 5.97 Å². The van der Waals surface area contributed by atoms with Crippen LogP contribution in [0.4, 0.5) is 0 Å². The van der Waals surface area contributed by atoms with Crippen LogP contribution in [0.2, 0.25) is 0 Å². The van der Waals surface area contributed by atoms with Crippen LogP contribution in [-0.2, 0) is 9.53 Å². The molecule has 0 bridgehead atoms. The molecule has 0 spiro atoms. The third-order valence-corrected chi connectivity index (χ3v) is 3.85. The third-order valence-electron chi connectivity index (χ3n) is 3.85. The number of hydrogen-bond donors (Lipinski definition) is 0. The molecule has 0 rings (SSSR count). The Morgan fingerprint density at radius 1 is 1.00 bits per heavy atom. The molecule has 0 aliphatic heterocycles. The molecule has 0 aromatic rings. The van der Waals surface area contributed by atoms with Crippen molar-refractivity contribution in [3.8, 4) is 0 Å². The summed E-state index contributed by atoms with van der Waals surface area (Å²) in [7, 11) is 0. The first-order valence-corrected chi connectivity index (χ1v) is 7.92. The first kappa shape index (κ1) is 18.2. The summed E-state index contributed by atoms with van der Waals surface area (Å²) in [6.45, 7) is 9.95. The number of carbonyl (C=O) groups excluding carboxylic acids is 1. The smallest absolute Gasteiger partial charge is 0.316 e. The van der Waals surface area contributed by atoms with Gasteiger partial charge in [-0.05, 0) is 19.8 Å². The van der Waals surface area contributed by atoms with E-state index >= 15 is 0 Å². The van der Waals surface area contributed by atoms with Crippen LogP contribution in [0.25, 0.3) is 0 Å². The lowest BCUT2D eigenvalue weighted by Gasteiger charge is -2.26. The summed E-state index contributed by atoms with van der Waals surface area (Å²) in [6, 6.07) is 0. The van der Waals surface area contributed by atoms with Crippen molar-refractivity contribution in [2.75, 3.05) is 0 Å². The Morgan fingerprint density at radius 3 is 1.84 bits per heavy atom. The van der Waals surface area contributed by atoms with Gasteiger partial charge in [-0.25, -0.2) is 0 Å². The Balaban J connectivity index is 4.26. The van der Waals surface area contributed by atoms with Crippen LogP contribution in [0, 0.1) is 5.41 Å². The molecule has 2 nitrogen and oxygen atoms in total. The van der Waals surface area contributed by atoms with E-state index in [9.17, 15) is 4.79 Å². The van der Waals surface area contributed by atoms with Gasteiger partial charge < -0.3 is 4.74 Å². The molecule has 0 heterocycles. The van der Waals surface area contributed by atoms with E-state index in [-0.39, 0.29) is 11.4 Å². The zero-order valence-electron chi connectivity index (χ0n) is 13.2. The van der Waals surface area contributed by atoms with Crippen molar-refractivity contribution in [2.45, 2.75) is 85.0 Å². The van der Waals surface area contributed by atoms with E-state index in [4.69, 9.17) is 4.74 Å².